The van der Waals surface area contributed by atoms with Crippen LogP contribution in [0.25, 0.3) is 17.0 Å². The molecule has 2 aliphatic rings. The molecule has 3 N–H and O–H groups in total. The Labute approximate surface area is 228 Å². The zero-order valence-corrected chi connectivity index (χ0v) is 22.0. The predicted molar refractivity (Wildman–Crippen MR) is 143 cm³/mol. The minimum Gasteiger partial charge on any atom is -0.394 e. The molecule has 0 saturated carbocycles. The van der Waals surface area contributed by atoms with Crippen LogP contribution in [0, 0.1) is 0 Å². The first-order valence-corrected chi connectivity index (χ1v) is 14.1. The van der Waals surface area contributed by atoms with Gasteiger partial charge in [-0.1, -0.05) is 24.3 Å². The van der Waals surface area contributed by atoms with Crippen molar-refractivity contribution in [1.29, 1.82) is 0 Å². The van der Waals surface area contributed by atoms with Gasteiger partial charge in [0.1, 0.15) is 11.4 Å². The van der Waals surface area contributed by atoms with Crippen LogP contribution in [0.15, 0.2) is 65.1 Å². The van der Waals surface area contributed by atoms with Crippen molar-refractivity contribution >= 4 is 38.7 Å². The van der Waals surface area contributed by atoms with Gasteiger partial charge in [0.2, 0.25) is 10.0 Å². The van der Waals surface area contributed by atoms with E-state index < -0.39 is 39.3 Å². The zero-order valence-electron chi connectivity index (χ0n) is 21.2. The molecule has 1 fully saturated rings. The normalized spacial score (nSPS) is 18.9. The lowest BCUT2D eigenvalue weighted by molar-refractivity contribution is -0.137. The number of aliphatic hydroxyl groups is 2. The summed E-state index contributed by atoms with van der Waals surface area (Å²) in [6.45, 7) is -0.168. The molecule has 0 bridgehead atoms. The van der Waals surface area contributed by atoms with Crippen LogP contribution in [-0.4, -0.2) is 70.6 Å². The van der Waals surface area contributed by atoms with E-state index in [1.54, 1.807) is 29.0 Å². The molecule has 1 spiro atoms. The smallest absolute Gasteiger partial charge is 0.394 e. The number of nitrogens with zero attached hydrogens (tertiary/aromatic N) is 3. The number of hydrogen-bond donors (Lipinski definition) is 3. The number of amides is 1. The average molecular weight is 577 g/mol. The highest BCUT2D eigenvalue weighted by Gasteiger charge is 2.47. The van der Waals surface area contributed by atoms with Gasteiger partial charge in [0.05, 0.1) is 24.8 Å². The molecule has 1 aromatic heterocycles. The number of carbonyl (C=O) groups excluding carboxylic acids is 1. The van der Waals surface area contributed by atoms with Gasteiger partial charge in [0, 0.05) is 41.2 Å². The predicted octanol–water partition coefficient (Wildman–Crippen LogP) is 2.73. The monoisotopic (exact) mass is 576 g/mol. The molecule has 1 saturated heterocycles. The number of piperidine rings is 1. The van der Waals surface area contributed by atoms with Gasteiger partial charge in [-0.15, -0.1) is 0 Å². The molecule has 3 aromatic rings. The number of aliphatic hydroxyl groups excluding tert-OH is 2. The third kappa shape index (κ3) is 5.42. The Morgan fingerprint density at radius 1 is 1.12 bits per heavy atom. The molecule has 0 unspecified atom stereocenters. The summed E-state index contributed by atoms with van der Waals surface area (Å²) in [5, 5.41) is 23.4. The van der Waals surface area contributed by atoms with Gasteiger partial charge >= 0.3 is 6.18 Å². The summed E-state index contributed by atoms with van der Waals surface area (Å²) in [5.74, 6) is -0.422. The molecule has 1 atom stereocenters. The van der Waals surface area contributed by atoms with Crippen LogP contribution in [0.1, 0.15) is 29.5 Å². The fourth-order valence-corrected chi connectivity index (χ4v) is 6.21. The first-order chi connectivity index (χ1) is 18.9. The summed E-state index contributed by atoms with van der Waals surface area (Å²) in [5.41, 5.74) is -0.545. The largest absolute Gasteiger partial charge is 0.416 e. The van der Waals surface area contributed by atoms with Crippen molar-refractivity contribution in [1.82, 2.24) is 14.2 Å². The zero-order chi connectivity index (χ0) is 28.7. The first-order valence-electron chi connectivity index (χ1n) is 12.6. The van der Waals surface area contributed by atoms with Gasteiger partial charge < -0.3 is 20.1 Å². The molecular weight excluding hydrogens is 549 g/mol. The van der Waals surface area contributed by atoms with Crippen LogP contribution in [0.3, 0.4) is 0 Å². The Hall–Kier alpha value is -3.52. The number of carbonyl (C=O) groups is 1. The summed E-state index contributed by atoms with van der Waals surface area (Å²) in [7, 11) is -3.85. The number of nitrogens with one attached hydrogen (secondary N) is 1. The number of fused-ring (bicyclic) bond motifs is 1. The lowest BCUT2D eigenvalue weighted by Gasteiger charge is -2.34. The van der Waals surface area contributed by atoms with E-state index in [2.05, 4.69) is 10.3 Å². The molecule has 13 heteroatoms. The van der Waals surface area contributed by atoms with Gasteiger partial charge in [-0.2, -0.15) is 17.5 Å². The van der Waals surface area contributed by atoms with E-state index in [4.69, 9.17) is 5.11 Å². The van der Waals surface area contributed by atoms with Crippen molar-refractivity contribution in [2.24, 2.45) is 4.99 Å². The molecule has 2 aliphatic heterocycles. The molecule has 212 valence electrons. The Morgan fingerprint density at radius 3 is 2.55 bits per heavy atom. The Morgan fingerprint density at radius 2 is 1.85 bits per heavy atom. The maximum Gasteiger partial charge on any atom is 0.416 e. The number of hydrogen-bond acceptors (Lipinski definition) is 6. The number of aromatic nitrogens is 1. The number of aliphatic imine (C=N–C) groups is 1. The van der Waals surface area contributed by atoms with E-state index in [9.17, 15) is 31.5 Å². The van der Waals surface area contributed by atoms with Gasteiger partial charge in [-0.05, 0) is 48.7 Å². The summed E-state index contributed by atoms with van der Waals surface area (Å²) in [4.78, 5) is 17.3. The second-order valence-corrected chi connectivity index (χ2v) is 11.7. The SMILES string of the molecule is O=C1NC(c2cccc(C(F)(F)F)c2)=NC12CCN(S(=O)(=O)/C=C/c1cccc3c1ccn3C[C@H](O)CO)CC2. The Balaban J connectivity index is 1.30. The average Bonchev–Trinajstić information content (AvgIpc) is 3.48. The first kappa shape index (κ1) is 28.0. The summed E-state index contributed by atoms with van der Waals surface area (Å²) < 4.78 is 68.6. The summed E-state index contributed by atoms with van der Waals surface area (Å²) in [6, 6.07) is 11.7. The van der Waals surface area contributed by atoms with Crippen molar-refractivity contribution in [3.8, 4) is 0 Å². The summed E-state index contributed by atoms with van der Waals surface area (Å²) >= 11 is 0. The number of sulfonamides is 1. The molecular formula is C27H27F3N4O5S. The van der Waals surface area contributed by atoms with Crippen molar-refractivity contribution in [2.75, 3.05) is 19.7 Å². The van der Waals surface area contributed by atoms with Crippen LogP contribution in [0.5, 0.6) is 0 Å². The highest BCUT2D eigenvalue weighted by Crippen LogP contribution is 2.34. The molecule has 5 rings (SSSR count). The van der Waals surface area contributed by atoms with E-state index in [0.29, 0.717) is 5.56 Å². The van der Waals surface area contributed by atoms with E-state index in [-0.39, 0.29) is 50.5 Å². The Kier molecular flexibility index (Phi) is 7.33. The van der Waals surface area contributed by atoms with Crippen LogP contribution in [-0.2, 0) is 27.5 Å². The fourth-order valence-electron chi connectivity index (χ4n) is 5.03. The second-order valence-electron chi connectivity index (χ2n) is 9.86. The highest BCUT2D eigenvalue weighted by atomic mass is 32.2. The van der Waals surface area contributed by atoms with Gasteiger partial charge in [-0.3, -0.25) is 9.79 Å². The van der Waals surface area contributed by atoms with E-state index in [1.165, 1.54) is 22.5 Å². The van der Waals surface area contributed by atoms with E-state index in [1.807, 2.05) is 6.07 Å². The van der Waals surface area contributed by atoms with Crippen molar-refractivity contribution in [3.63, 3.8) is 0 Å². The summed E-state index contributed by atoms with van der Waals surface area (Å²) in [6.07, 6.45) is -2.06. The topological polar surface area (TPSA) is 124 Å². The minimum atomic E-state index is -4.54. The van der Waals surface area contributed by atoms with Crippen LogP contribution in [0.4, 0.5) is 13.2 Å². The molecule has 9 nitrogen and oxygen atoms in total. The Bertz CT molecular complexity index is 1610. The molecule has 0 aliphatic carbocycles. The molecule has 1 amide bonds. The fraction of sp³-hybridized carbons (Fsp3) is 0.333. The van der Waals surface area contributed by atoms with Gasteiger partial charge in [0.15, 0.2) is 0 Å². The molecule has 40 heavy (non-hydrogen) atoms. The molecule has 3 heterocycles. The number of rotatable bonds is 7. The molecule has 0 radical (unpaired) electrons. The third-order valence-corrected chi connectivity index (χ3v) is 8.80. The van der Waals surface area contributed by atoms with Crippen LogP contribution in [0.2, 0.25) is 0 Å². The minimum absolute atomic E-state index is 0.0130. The number of alkyl halides is 3. The lowest BCUT2D eigenvalue weighted by atomic mass is 9.89. The number of amidine groups is 1. The van der Waals surface area contributed by atoms with Gasteiger partial charge in [-0.25, -0.2) is 8.42 Å². The van der Waals surface area contributed by atoms with E-state index >= 15 is 0 Å². The maximum atomic E-state index is 13.1. The third-order valence-electron chi connectivity index (χ3n) is 7.24. The maximum absolute atomic E-state index is 13.1. The number of benzene rings is 2. The quantitative estimate of drug-likeness (QED) is 0.399. The number of halogens is 3. The van der Waals surface area contributed by atoms with Crippen molar-refractivity contribution in [2.45, 2.75) is 37.2 Å². The molecule has 2 aromatic carbocycles. The van der Waals surface area contributed by atoms with E-state index in [0.717, 1.165) is 28.4 Å². The lowest BCUT2D eigenvalue weighted by Crippen LogP contribution is -2.50. The highest BCUT2D eigenvalue weighted by molar-refractivity contribution is 7.92. The second kappa shape index (κ2) is 10.5. The standard InChI is InChI=1S/C27H27F3N4O5S/c28-27(29,30)20-5-1-4-19(15-20)24-31-25(37)26(32-24)9-12-34(13-10-26)40(38,39)14-8-18-3-2-6-23-22(18)7-11-33(23)16-21(36)17-35/h1-8,11,14-15,21,35-36H,9-10,12-13,16-17H2,(H,31,32,37)/b14-8+/t21-/m0/s1. The van der Waals surface area contributed by atoms with Crippen LogP contribution < -0.4 is 5.32 Å². The van der Waals surface area contributed by atoms with Crippen LogP contribution >= 0.6 is 0 Å². The van der Waals surface area contributed by atoms with Crippen molar-refractivity contribution in [3.05, 3.63) is 76.8 Å². The van der Waals surface area contributed by atoms with Gasteiger partial charge in [0.25, 0.3) is 5.91 Å². The van der Waals surface area contributed by atoms with Crippen molar-refractivity contribution < 1.29 is 36.6 Å².